The average Bonchev–Trinajstić information content (AvgIpc) is 1.58. The molecule has 0 spiro atoms. The smallest absolute Gasteiger partial charge is 0.415 e. The Morgan fingerprint density at radius 3 is 1.19 bits per heavy atom. The van der Waals surface area contributed by atoms with Crippen molar-refractivity contribution >= 4 is 111 Å². The van der Waals surface area contributed by atoms with E-state index in [1.807, 2.05) is 38.0 Å². The van der Waals surface area contributed by atoms with Gasteiger partial charge in [-0.15, -0.1) is 5.06 Å². The molecule has 0 unspecified atom stereocenters. The van der Waals surface area contributed by atoms with Crippen molar-refractivity contribution in [3.8, 4) is 11.5 Å². The second-order valence-electron chi connectivity index (χ2n) is 24.3. The molecule has 0 aliphatic carbocycles. The maximum atomic E-state index is 13.3. The summed E-state index contributed by atoms with van der Waals surface area (Å²) in [5.41, 5.74) is 1.35. The number of hydrogen-bond donors (Lipinski definition) is 3. The molecule has 1 fully saturated rings. The summed E-state index contributed by atoms with van der Waals surface area (Å²) in [6.45, 7) is 2.99. The third kappa shape index (κ3) is 38.6. The van der Waals surface area contributed by atoms with Crippen LogP contribution in [-0.4, -0.2) is 297 Å². The number of aliphatic carboxylic acids is 1. The minimum Gasteiger partial charge on any atom is -0.481 e. The van der Waals surface area contributed by atoms with Gasteiger partial charge in [0.15, 0.2) is 17.7 Å². The first kappa shape index (κ1) is 89.1. The van der Waals surface area contributed by atoms with Crippen LogP contribution in [0.2, 0.25) is 0 Å². The average molecular weight is 1500 g/mol. The van der Waals surface area contributed by atoms with E-state index < -0.39 is 109 Å². The Morgan fingerprint density at radius 1 is 0.485 bits per heavy atom. The number of benzene rings is 2. The van der Waals surface area contributed by atoms with Gasteiger partial charge in [0.05, 0.1) is 12.8 Å². The number of unbranched alkanes of at least 4 members (excludes halogenated alkanes) is 4. The third-order valence-electron chi connectivity index (χ3n) is 14.9. The fourth-order valence-corrected chi connectivity index (χ4v) is 12.5. The highest BCUT2D eigenvalue weighted by Crippen LogP contribution is 2.20. The van der Waals surface area contributed by atoms with Gasteiger partial charge in [0.2, 0.25) is 23.6 Å². The van der Waals surface area contributed by atoms with Crippen LogP contribution in [0.3, 0.4) is 0 Å². The second kappa shape index (κ2) is 46.5. The van der Waals surface area contributed by atoms with Gasteiger partial charge in [0.25, 0.3) is 11.8 Å². The van der Waals surface area contributed by atoms with Gasteiger partial charge in [0.1, 0.15) is 36.8 Å². The standard InChI is InChI=1S/C34H52N6O12S2.C30H49N5O10S2/c1-36(2)20-21-38(4)34(47)51-26-14-12-25(13-15-26)24-50-33(46)37(3)19-10-18-35-32(45)27(23-31(44)52-40-29(42)16-17-30(40)43)39(5)28(41)11-8-7-9-22-53-54(6,48)49;1-32(2)18-19-34(4)30(41)45-24-14-12-23(13-15-24)22-44-29(40)33(3)17-10-16-31-28(39)25(21-27(37)38)35(5)26(36)11-8-7-9-20-46-47(6,42)43/h12-15,27H,7-11,16-24H2,1-6H3,(H,35,45);12-15,25H,7-11,16-22H2,1-6H3,(H,31,39)(H,37,38)/t27-;25-/m00/s1. The van der Waals surface area contributed by atoms with Crippen LogP contribution in [0.25, 0.3) is 0 Å². The highest BCUT2D eigenvalue weighted by molar-refractivity contribution is 8.72. The molecule has 2 atom stereocenters. The maximum Gasteiger partial charge on any atom is 0.415 e. The van der Waals surface area contributed by atoms with Gasteiger partial charge >= 0.3 is 36.3 Å². The predicted octanol–water partition coefficient (Wildman–Crippen LogP) is 4.14. The monoisotopic (exact) mass is 1500 g/mol. The zero-order chi connectivity index (χ0) is 76.0. The number of imide groups is 1. The van der Waals surface area contributed by atoms with Gasteiger partial charge in [-0.05, 0) is 124 Å². The number of carbonyl (C=O) groups excluding carboxylic acids is 11. The molecule has 0 bridgehead atoms. The Hall–Kier alpha value is -8.00. The highest BCUT2D eigenvalue weighted by atomic mass is 33.1. The minimum atomic E-state index is -3.16. The summed E-state index contributed by atoms with van der Waals surface area (Å²) in [6, 6.07) is 10.6. The Morgan fingerprint density at radius 2 is 0.842 bits per heavy atom. The number of likely N-dealkylation sites (N-methyl/N-ethyl adjacent to an activating group) is 6. The number of carboxylic acids is 1. The number of amides is 10. The molecule has 10 amide bonds. The summed E-state index contributed by atoms with van der Waals surface area (Å²) in [6.07, 6.45) is 2.67. The van der Waals surface area contributed by atoms with Crippen LogP contribution in [0.4, 0.5) is 19.2 Å². The minimum absolute atomic E-state index is 0.00623. The number of carbonyl (C=O) groups is 12. The first-order valence-corrected chi connectivity index (χ1v) is 39.3. The van der Waals surface area contributed by atoms with Crippen LogP contribution in [-0.2, 0) is 83.6 Å². The summed E-state index contributed by atoms with van der Waals surface area (Å²) >= 11 is 0. The van der Waals surface area contributed by atoms with Gasteiger partial charge in [0, 0.05) is 144 Å². The molecule has 568 valence electrons. The van der Waals surface area contributed by atoms with Crippen molar-refractivity contribution in [2.75, 3.05) is 147 Å². The summed E-state index contributed by atoms with van der Waals surface area (Å²) in [5.74, 6) is -4.31. The maximum absolute atomic E-state index is 13.3. The van der Waals surface area contributed by atoms with Crippen molar-refractivity contribution in [2.45, 2.75) is 115 Å². The van der Waals surface area contributed by atoms with E-state index in [0.717, 1.165) is 43.9 Å². The van der Waals surface area contributed by atoms with E-state index in [1.54, 1.807) is 69.7 Å². The van der Waals surface area contributed by atoms with Gasteiger partial charge in [-0.1, -0.05) is 37.1 Å². The predicted molar refractivity (Wildman–Crippen MR) is 377 cm³/mol. The molecule has 0 radical (unpaired) electrons. The second-order valence-corrected chi connectivity index (χ2v) is 33.4. The van der Waals surface area contributed by atoms with Crippen molar-refractivity contribution in [3.63, 3.8) is 0 Å². The molecular formula is C64H101N11O22S4. The molecular weight excluding hydrogens is 1400 g/mol. The zero-order valence-corrected chi connectivity index (χ0v) is 63.1. The Balaban J connectivity index is 0.000000694. The first-order valence-electron chi connectivity index (χ1n) is 32.5. The highest BCUT2D eigenvalue weighted by Gasteiger charge is 2.36. The van der Waals surface area contributed by atoms with Crippen molar-refractivity contribution < 1.29 is 103 Å². The largest absolute Gasteiger partial charge is 0.481 e. The molecule has 0 aromatic heterocycles. The van der Waals surface area contributed by atoms with E-state index in [2.05, 4.69) is 10.6 Å². The summed E-state index contributed by atoms with van der Waals surface area (Å²) in [7, 11) is 12.1. The first-order chi connectivity index (χ1) is 47.4. The van der Waals surface area contributed by atoms with E-state index in [9.17, 15) is 79.5 Å². The molecule has 0 saturated carbocycles. The summed E-state index contributed by atoms with van der Waals surface area (Å²) in [5, 5.41) is 14.9. The molecule has 1 heterocycles. The van der Waals surface area contributed by atoms with E-state index >= 15 is 0 Å². The molecule has 1 aliphatic rings. The summed E-state index contributed by atoms with van der Waals surface area (Å²) < 4.78 is 66.3. The number of ether oxygens (including phenoxy) is 4. The lowest BCUT2D eigenvalue weighted by atomic mass is 10.1. The van der Waals surface area contributed by atoms with Crippen LogP contribution in [0.15, 0.2) is 48.5 Å². The number of nitrogens with one attached hydrogen (secondary N) is 2. The summed E-state index contributed by atoms with van der Waals surface area (Å²) in [4.78, 5) is 166. The van der Waals surface area contributed by atoms with E-state index in [0.29, 0.717) is 110 Å². The molecule has 3 N–H and O–H groups in total. The lowest BCUT2D eigenvalue weighted by molar-refractivity contribution is -0.198. The van der Waals surface area contributed by atoms with Crippen molar-refractivity contribution in [1.82, 2.24) is 54.9 Å². The number of rotatable bonds is 43. The van der Waals surface area contributed by atoms with Crippen LogP contribution in [0.1, 0.15) is 101 Å². The normalized spacial score (nSPS) is 12.6. The van der Waals surface area contributed by atoms with Crippen LogP contribution < -0.4 is 20.1 Å². The van der Waals surface area contributed by atoms with Crippen LogP contribution in [0, 0.1) is 0 Å². The van der Waals surface area contributed by atoms with Gasteiger partial charge in [-0.2, -0.15) is 0 Å². The van der Waals surface area contributed by atoms with Crippen LogP contribution >= 0.6 is 21.6 Å². The Bertz CT molecular complexity index is 3260. The topological polar surface area (TPSA) is 393 Å². The number of hydroxylamine groups is 2. The number of carboxylic acid groups (broad SMARTS) is 1. The SMILES string of the molecule is CN(C)CCN(C)C(=O)Oc1ccc(COC(=O)N(C)CCCNC(=O)[C@H](CC(=O)O)N(C)C(=O)CCCCCSS(C)(=O)=O)cc1.CN(C)CCN(C)C(=O)Oc1ccc(COC(=O)N(C)CCCNC(=O)[C@H](CC(=O)ON2C(=O)CCC2=O)N(C)C(=O)CCCCCSS(C)(=O)=O)cc1. The molecule has 33 nitrogen and oxygen atoms in total. The van der Waals surface area contributed by atoms with E-state index in [-0.39, 0.29) is 77.4 Å². The van der Waals surface area contributed by atoms with Crippen LogP contribution in [0.5, 0.6) is 11.5 Å². The van der Waals surface area contributed by atoms with E-state index in [4.69, 9.17) is 23.8 Å². The molecule has 1 aliphatic heterocycles. The molecule has 2 aromatic carbocycles. The molecule has 37 heteroatoms. The Labute approximate surface area is 599 Å². The fraction of sp³-hybridized carbons (Fsp3) is 0.625. The molecule has 2 aromatic rings. The molecule has 1 saturated heterocycles. The fourth-order valence-electron chi connectivity index (χ4n) is 8.69. The van der Waals surface area contributed by atoms with E-state index in [1.165, 1.54) is 40.7 Å². The van der Waals surface area contributed by atoms with Crippen molar-refractivity contribution in [2.24, 2.45) is 0 Å². The van der Waals surface area contributed by atoms with Gasteiger partial charge < -0.3 is 78.7 Å². The molecule has 101 heavy (non-hydrogen) atoms. The lowest BCUT2D eigenvalue weighted by Crippen LogP contribution is -2.49. The lowest BCUT2D eigenvalue weighted by Gasteiger charge is -2.27. The number of hydrogen-bond acceptors (Lipinski definition) is 25. The zero-order valence-electron chi connectivity index (χ0n) is 59.8. The molecule has 3 rings (SSSR count). The van der Waals surface area contributed by atoms with Gasteiger partial charge in [-0.3, -0.25) is 33.6 Å². The quantitative estimate of drug-likeness (QED) is 0.0477. The van der Waals surface area contributed by atoms with Crippen molar-refractivity contribution in [3.05, 3.63) is 59.7 Å². The van der Waals surface area contributed by atoms with Crippen molar-refractivity contribution in [1.29, 1.82) is 0 Å². The van der Waals surface area contributed by atoms with Gasteiger partial charge in [-0.25, -0.2) is 40.8 Å². The Kier molecular flexibility index (Phi) is 41.0. The third-order valence-corrected chi connectivity index (χ3v) is 20.2. The number of nitrogens with zero attached hydrogens (tertiary/aromatic N) is 9.